The van der Waals surface area contributed by atoms with Gasteiger partial charge in [0, 0.05) is 12.2 Å². The van der Waals surface area contributed by atoms with Crippen molar-refractivity contribution in [2.45, 2.75) is 6.92 Å². The van der Waals surface area contributed by atoms with Crippen LogP contribution in [-0.2, 0) is 9.59 Å². The van der Waals surface area contributed by atoms with Crippen molar-refractivity contribution in [2.75, 3.05) is 5.32 Å². The predicted octanol–water partition coefficient (Wildman–Crippen LogP) is 1.28. The van der Waals surface area contributed by atoms with Crippen molar-refractivity contribution in [1.29, 1.82) is 0 Å². The van der Waals surface area contributed by atoms with Crippen LogP contribution in [0.4, 0.5) is 5.69 Å². The molecule has 0 radical (unpaired) electrons. The van der Waals surface area contributed by atoms with Crippen LogP contribution in [-0.4, -0.2) is 22.1 Å². The number of aromatic hydroxyl groups is 1. The molecule has 0 atom stereocenters. The number of anilines is 1. The number of amides is 1. The van der Waals surface area contributed by atoms with Gasteiger partial charge in [0.05, 0.1) is 5.69 Å². The Bertz CT molecular complexity index is 451. The predicted molar refractivity (Wildman–Crippen MR) is 58.2 cm³/mol. The van der Waals surface area contributed by atoms with Crippen molar-refractivity contribution < 1.29 is 19.8 Å². The zero-order valence-electron chi connectivity index (χ0n) is 8.60. The molecule has 0 heterocycles. The normalized spacial score (nSPS) is 10.3. The first-order valence-corrected chi connectivity index (χ1v) is 4.50. The minimum atomic E-state index is -1.21. The lowest BCUT2D eigenvalue weighted by molar-refractivity contribution is -0.131. The van der Waals surface area contributed by atoms with Crippen LogP contribution in [0, 0.1) is 6.92 Å². The van der Waals surface area contributed by atoms with Gasteiger partial charge in [0.15, 0.2) is 0 Å². The highest BCUT2D eigenvalue weighted by molar-refractivity contribution is 6.03. The molecule has 16 heavy (non-hydrogen) atoms. The first kappa shape index (κ1) is 11.8. The number of hydrogen-bond acceptors (Lipinski definition) is 3. The lowest BCUT2D eigenvalue weighted by atomic mass is 10.2. The lowest BCUT2D eigenvalue weighted by Crippen LogP contribution is -2.08. The van der Waals surface area contributed by atoms with Crippen LogP contribution in [0.2, 0.25) is 0 Å². The number of carboxylic acid groups (broad SMARTS) is 1. The summed E-state index contributed by atoms with van der Waals surface area (Å²) in [6.45, 7) is 1.80. The average Bonchev–Trinajstić information content (AvgIpc) is 2.19. The van der Waals surface area contributed by atoms with Crippen LogP contribution in [0.3, 0.4) is 0 Å². The summed E-state index contributed by atoms with van der Waals surface area (Å²) < 4.78 is 0. The number of nitrogens with one attached hydrogen (secondary N) is 1. The quantitative estimate of drug-likeness (QED) is 0.530. The van der Waals surface area contributed by atoms with Gasteiger partial charge in [-0.3, -0.25) is 4.79 Å². The highest BCUT2D eigenvalue weighted by atomic mass is 16.4. The summed E-state index contributed by atoms with van der Waals surface area (Å²) in [6, 6.07) is 4.75. The molecule has 0 saturated carbocycles. The molecular formula is C11H11NO4. The third-order valence-corrected chi connectivity index (χ3v) is 1.79. The highest BCUT2D eigenvalue weighted by Gasteiger charge is 2.03. The van der Waals surface area contributed by atoms with E-state index in [-0.39, 0.29) is 11.4 Å². The number of carbonyl (C=O) groups excluding carboxylic acids is 1. The van der Waals surface area contributed by atoms with Gasteiger partial charge in [-0.1, -0.05) is 6.07 Å². The standard InChI is InChI=1S/C11H11NO4/c1-7-2-3-8(9(13)6-7)12-10(14)4-5-11(15)16/h2-6,13H,1H3,(H,12,14)(H,15,16). The van der Waals surface area contributed by atoms with Gasteiger partial charge in [0.1, 0.15) is 5.75 Å². The van der Waals surface area contributed by atoms with Gasteiger partial charge < -0.3 is 15.5 Å². The molecule has 3 N–H and O–H groups in total. The van der Waals surface area contributed by atoms with Gasteiger partial charge >= 0.3 is 5.97 Å². The topological polar surface area (TPSA) is 86.6 Å². The number of aryl methyl sites for hydroxylation is 1. The number of benzene rings is 1. The number of hydrogen-bond donors (Lipinski definition) is 3. The highest BCUT2D eigenvalue weighted by Crippen LogP contribution is 2.23. The first-order valence-electron chi connectivity index (χ1n) is 4.50. The molecule has 0 bridgehead atoms. The van der Waals surface area contributed by atoms with Crippen LogP contribution in [0.1, 0.15) is 5.56 Å². The fraction of sp³-hybridized carbons (Fsp3) is 0.0909. The van der Waals surface area contributed by atoms with Gasteiger partial charge in [-0.15, -0.1) is 0 Å². The second-order valence-corrected chi connectivity index (χ2v) is 3.18. The number of phenolic OH excluding ortho intramolecular Hbond substituents is 1. The molecule has 0 saturated heterocycles. The molecule has 1 rings (SSSR count). The third-order valence-electron chi connectivity index (χ3n) is 1.79. The SMILES string of the molecule is Cc1ccc(NC(=O)C=CC(=O)O)c(O)c1. The zero-order valence-corrected chi connectivity index (χ0v) is 8.60. The van der Waals surface area contributed by atoms with E-state index in [9.17, 15) is 14.7 Å². The van der Waals surface area contributed by atoms with Crippen LogP contribution < -0.4 is 5.32 Å². The van der Waals surface area contributed by atoms with E-state index in [1.807, 2.05) is 0 Å². The molecule has 5 nitrogen and oxygen atoms in total. The molecule has 0 aliphatic heterocycles. The molecule has 1 aromatic carbocycles. The monoisotopic (exact) mass is 221 g/mol. The van der Waals surface area contributed by atoms with Gasteiger partial charge in [0.25, 0.3) is 0 Å². The van der Waals surface area contributed by atoms with Crippen molar-refractivity contribution >= 4 is 17.6 Å². The van der Waals surface area contributed by atoms with Crippen molar-refractivity contribution in [2.24, 2.45) is 0 Å². The van der Waals surface area contributed by atoms with E-state index in [4.69, 9.17) is 5.11 Å². The summed E-state index contributed by atoms with van der Waals surface area (Å²) in [7, 11) is 0. The Morgan fingerprint density at radius 3 is 2.56 bits per heavy atom. The lowest BCUT2D eigenvalue weighted by Gasteiger charge is -2.05. The summed E-state index contributed by atoms with van der Waals surface area (Å²) in [5.41, 5.74) is 1.10. The minimum Gasteiger partial charge on any atom is -0.506 e. The Hall–Kier alpha value is -2.30. The van der Waals surface area contributed by atoms with Gasteiger partial charge in [-0.25, -0.2) is 4.79 Å². The second-order valence-electron chi connectivity index (χ2n) is 3.18. The summed E-state index contributed by atoms with van der Waals surface area (Å²) in [4.78, 5) is 21.3. The molecular weight excluding hydrogens is 210 g/mol. The van der Waals surface area contributed by atoms with Gasteiger partial charge in [-0.2, -0.15) is 0 Å². The Morgan fingerprint density at radius 2 is 2.00 bits per heavy atom. The number of aliphatic carboxylic acids is 1. The van der Waals surface area contributed by atoms with Crippen molar-refractivity contribution in [3.05, 3.63) is 35.9 Å². The molecule has 84 valence electrons. The van der Waals surface area contributed by atoms with Crippen molar-refractivity contribution in [1.82, 2.24) is 0 Å². The molecule has 5 heteroatoms. The van der Waals surface area contributed by atoms with Crippen LogP contribution in [0.25, 0.3) is 0 Å². The maximum absolute atomic E-state index is 11.2. The molecule has 0 spiro atoms. The molecule has 0 aliphatic carbocycles. The Balaban J connectivity index is 2.73. The van der Waals surface area contributed by atoms with Crippen LogP contribution in [0.5, 0.6) is 5.75 Å². The van der Waals surface area contributed by atoms with Crippen molar-refractivity contribution in [3.8, 4) is 5.75 Å². The van der Waals surface area contributed by atoms with Gasteiger partial charge in [-0.05, 0) is 24.6 Å². The van der Waals surface area contributed by atoms with E-state index in [2.05, 4.69) is 5.32 Å². The molecule has 0 aliphatic rings. The van der Waals surface area contributed by atoms with Gasteiger partial charge in [0.2, 0.25) is 5.91 Å². The Kier molecular flexibility index (Phi) is 3.66. The fourth-order valence-electron chi connectivity index (χ4n) is 1.07. The first-order chi connectivity index (χ1) is 7.49. The van der Waals surface area contributed by atoms with E-state index in [0.717, 1.165) is 17.7 Å². The molecule has 1 aromatic rings. The number of carboxylic acids is 1. The smallest absolute Gasteiger partial charge is 0.328 e. The number of phenols is 1. The maximum Gasteiger partial charge on any atom is 0.328 e. The fourth-order valence-corrected chi connectivity index (χ4v) is 1.07. The van der Waals surface area contributed by atoms with Crippen molar-refractivity contribution in [3.63, 3.8) is 0 Å². The average molecular weight is 221 g/mol. The summed E-state index contributed by atoms with van der Waals surface area (Å²) >= 11 is 0. The van der Waals surface area contributed by atoms with E-state index in [1.54, 1.807) is 13.0 Å². The summed E-state index contributed by atoms with van der Waals surface area (Å²) in [6.07, 6.45) is 1.60. The second kappa shape index (κ2) is 4.97. The third kappa shape index (κ3) is 3.45. The summed E-state index contributed by atoms with van der Waals surface area (Å²) in [5.74, 6) is -1.87. The molecule has 1 amide bonds. The van der Waals surface area contributed by atoms with E-state index in [0.29, 0.717) is 0 Å². The maximum atomic E-state index is 11.2. The van der Waals surface area contributed by atoms with E-state index >= 15 is 0 Å². The summed E-state index contributed by atoms with van der Waals surface area (Å²) in [5, 5.41) is 20.1. The molecule has 0 aromatic heterocycles. The Morgan fingerprint density at radius 1 is 1.31 bits per heavy atom. The number of carbonyl (C=O) groups is 2. The molecule has 0 unspecified atom stereocenters. The molecule has 0 fully saturated rings. The van der Waals surface area contributed by atoms with E-state index < -0.39 is 11.9 Å². The minimum absolute atomic E-state index is 0.0583. The van der Waals surface area contributed by atoms with E-state index in [1.165, 1.54) is 12.1 Å². The van der Waals surface area contributed by atoms with Crippen LogP contribution >= 0.6 is 0 Å². The number of rotatable bonds is 3. The zero-order chi connectivity index (χ0) is 12.1. The Labute approximate surface area is 92.0 Å². The van der Waals surface area contributed by atoms with Crippen LogP contribution in [0.15, 0.2) is 30.4 Å². The largest absolute Gasteiger partial charge is 0.506 e.